The summed E-state index contributed by atoms with van der Waals surface area (Å²) in [6.45, 7) is 0. The van der Waals surface area contributed by atoms with Crippen molar-refractivity contribution >= 4 is 29.2 Å². The van der Waals surface area contributed by atoms with Crippen molar-refractivity contribution in [1.82, 2.24) is 4.98 Å². The summed E-state index contributed by atoms with van der Waals surface area (Å²) in [6.07, 6.45) is 5.10. The summed E-state index contributed by atoms with van der Waals surface area (Å²) in [5.74, 6) is -0.978. The molecule has 0 unspecified atom stereocenters. The molecule has 4 rings (SSSR count). The zero-order valence-electron chi connectivity index (χ0n) is 13.8. The minimum Gasteiger partial charge on any atom is -0.478 e. The number of rotatable bonds is 4. The van der Waals surface area contributed by atoms with Crippen LogP contribution < -0.4 is 0 Å². The van der Waals surface area contributed by atoms with Crippen molar-refractivity contribution in [1.29, 1.82) is 0 Å². The molecule has 4 aromatic rings. The molecule has 0 saturated heterocycles. The number of benzene rings is 3. The number of carbonyl (C=O) groups is 1. The third kappa shape index (κ3) is 2.89. The van der Waals surface area contributed by atoms with Gasteiger partial charge in [-0.3, -0.25) is 0 Å². The smallest absolute Gasteiger partial charge is 0.336 e. The lowest BCUT2D eigenvalue weighted by molar-refractivity contribution is 0.0697. The SMILES string of the molecule is O=C(O)c1c(C=Cc2ccccc2)cccc1-c1cccc2ocnc12. The Labute approximate surface area is 150 Å². The standard InChI is InChI=1S/C22H15NO3/c24-22(25)20-16(13-12-15-6-2-1-3-7-15)8-4-9-17(20)18-10-5-11-19-21(18)23-14-26-19/h1-14H,(H,24,25). The summed E-state index contributed by atoms with van der Waals surface area (Å²) in [7, 11) is 0. The van der Waals surface area contributed by atoms with Gasteiger partial charge in [-0.25, -0.2) is 9.78 Å². The first kappa shape index (κ1) is 15.8. The summed E-state index contributed by atoms with van der Waals surface area (Å²) in [6, 6.07) is 20.7. The molecule has 0 aliphatic carbocycles. The van der Waals surface area contributed by atoms with Crippen molar-refractivity contribution in [3.63, 3.8) is 0 Å². The predicted molar refractivity (Wildman–Crippen MR) is 102 cm³/mol. The molecular weight excluding hydrogens is 326 g/mol. The van der Waals surface area contributed by atoms with Crippen molar-refractivity contribution < 1.29 is 14.3 Å². The maximum Gasteiger partial charge on any atom is 0.336 e. The van der Waals surface area contributed by atoms with E-state index in [0.29, 0.717) is 22.2 Å². The number of carboxylic acids is 1. The topological polar surface area (TPSA) is 63.3 Å². The first-order valence-corrected chi connectivity index (χ1v) is 8.16. The highest BCUT2D eigenvalue weighted by Gasteiger charge is 2.18. The van der Waals surface area contributed by atoms with Crippen molar-refractivity contribution in [2.24, 2.45) is 0 Å². The maximum absolute atomic E-state index is 12.0. The largest absolute Gasteiger partial charge is 0.478 e. The molecule has 4 heteroatoms. The van der Waals surface area contributed by atoms with E-state index in [1.54, 1.807) is 12.1 Å². The fourth-order valence-corrected chi connectivity index (χ4v) is 3.03. The van der Waals surface area contributed by atoms with Gasteiger partial charge in [0, 0.05) is 5.56 Å². The molecule has 1 aromatic heterocycles. The van der Waals surface area contributed by atoms with Crippen LogP contribution in [0.4, 0.5) is 0 Å². The van der Waals surface area contributed by atoms with E-state index in [-0.39, 0.29) is 5.56 Å². The second-order valence-corrected chi connectivity index (χ2v) is 5.82. The lowest BCUT2D eigenvalue weighted by atomic mass is 9.94. The van der Waals surface area contributed by atoms with Gasteiger partial charge in [0.05, 0.1) is 5.56 Å². The molecule has 0 saturated carbocycles. The highest BCUT2D eigenvalue weighted by Crippen LogP contribution is 2.32. The fourth-order valence-electron chi connectivity index (χ4n) is 3.03. The number of aromatic nitrogens is 1. The van der Waals surface area contributed by atoms with Crippen LogP contribution in [0.5, 0.6) is 0 Å². The van der Waals surface area contributed by atoms with Crippen LogP contribution in [0.2, 0.25) is 0 Å². The molecule has 4 nitrogen and oxygen atoms in total. The van der Waals surface area contributed by atoms with E-state index < -0.39 is 5.97 Å². The van der Waals surface area contributed by atoms with E-state index in [0.717, 1.165) is 11.1 Å². The van der Waals surface area contributed by atoms with Gasteiger partial charge >= 0.3 is 5.97 Å². The molecule has 126 valence electrons. The highest BCUT2D eigenvalue weighted by atomic mass is 16.4. The van der Waals surface area contributed by atoms with Crippen LogP contribution in [0.25, 0.3) is 34.4 Å². The van der Waals surface area contributed by atoms with Crippen LogP contribution >= 0.6 is 0 Å². The van der Waals surface area contributed by atoms with Gasteiger partial charge in [-0.2, -0.15) is 0 Å². The Hall–Kier alpha value is -3.66. The van der Waals surface area contributed by atoms with Gasteiger partial charge in [0.15, 0.2) is 12.0 Å². The minimum atomic E-state index is -0.978. The first-order chi connectivity index (χ1) is 12.7. The second-order valence-electron chi connectivity index (χ2n) is 5.82. The number of hydrogen-bond acceptors (Lipinski definition) is 3. The molecule has 1 N–H and O–H groups in total. The zero-order chi connectivity index (χ0) is 17.9. The van der Waals surface area contributed by atoms with Crippen LogP contribution in [0.15, 0.2) is 77.5 Å². The molecule has 26 heavy (non-hydrogen) atoms. The Morgan fingerprint density at radius 3 is 2.46 bits per heavy atom. The van der Waals surface area contributed by atoms with E-state index in [9.17, 15) is 9.90 Å². The molecule has 1 heterocycles. The van der Waals surface area contributed by atoms with Crippen LogP contribution in [0, 0.1) is 0 Å². The number of para-hydroxylation sites is 1. The van der Waals surface area contributed by atoms with E-state index in [4.69, 9.17) is 4.42 Å². The van der Waals surface area contributed by atoms with Crippen molar-refractivity contribution in [2.75, 3.05) is 0 Å². The highest BCUT2D eigenvalue weighted by molar-refractivity contribution is 6.04. The van der Waals surface area contributed by atoms with Crippen molar-refractivity contribution in [3.05, 3.63) is 89.8 Å². The number of hydrogen-bond donors (Lipinski definition) is 1. The number of fused-ring (bicyclic) bond motifs is 1. The molecule has 0 spiro atoms. The Morgan fingerprint density at radius 2 is 1.65 bits per heavy atom. The second kappa shape index (κ2) is 6.69. The molecule has 0 amide bonds. The Bertz CT molecular complexity index is 1110. The summed E-state index contributed by atoms with van der Waals surface area (Å²) < 4.78 is 5.34. The molecule has 3 aromatic carbocycles. The van der Waals surface area contributed by atoms with Gasteiger partial charge in [0.25, 0.3) is 0 Å². The Morgan fingerprint density at radius 1 is 0.885 bits per heavy atom. The molecule has 0 aliphatic rings. The van der Waals surface area contributed by atoms with Crippen LogP contribution in [0.3, 0.4) is 0 Å². The van der Waals surface area contributed by atoms with Crippen LogP contribution in [-0.2, 0) is 0 Å². The van der Waals surface area contributed by atoms with E-state index in [1.807, 2.05) is 66.7 Å². The number of nitrogens with zero attached hydrogens (tertiary/aromatic N) is 1. The van der Waals surface area contributed by atoms with Gasteiger partial charge in [0.1, 0.15) is 5.52 Å². The van der Waals surface area contributed by atoms with E-state index in [2.05, 4.69) is 4.98 Å². The molecular formula is C22H15NO3. The quantitative estimate of drug-likeness (QED) is 0.507. The fraction of sp³-hybridized carbons (Fsp3) is 0. The minimum absolute atomic E-state index is 0.246. The predicted octanol–water partition coefficient (Wildman–Crippen LogP) is 5.36. The summed E-state index contributed by atoms with van der Waals surface area (Å²) in [5, 5.41) is 9.85. The summed E-state index contributed by atoms with van der Waals surface area (Å²) in [5.41, 5.74) is 4.53. The molecule has 0 atom stereocenters. The Kier molecular flexibility index (Phi) is 4.07. The maximum atomic E-state index is 12.0. The molecule has 0 radical (unpaired) electrons. The first-order valence-electron chi connectivity index (χ1n) is 8.16. The average molecular weight is 341 g/mol. The van der Waals surface area contributed by atoms with Gasteiger partial charge in [-0.15, -0.1) is 0 Å². The third-order valence-electron chi connectivity index (χ3n) is 4.22. The monoisotopic (exact) mass is 341 g/mol. The van der Waals surface area contributed by atoms with Crippen molar-refractivity contribution in [2.45, 2.75) is 0 Å². The van der Waals surface area contributed by atoms with Gasteiger partial charge in [-0.05, 0) is 22.8 Å². The van der Waals surface area contributed by atoms with Gasteiger partial charge < -0.3 is 9.52 Å². The van der Waals surface area contributed by atoms with Crippen molar-refractivity contribution in [3.8, 4) is 11.1 Å². The van der Waals surface area contributed by atoms with E-state index >= 15 is 0 Å². The molecule has 0 aliphatic heterocycles. The van der Waals surface area contributed by atoms with Crippen LogP contribution in [0.1, 0.15) is 21.5 Å². The van der Waals surface area contributed by atoms with E-state index in [1.165, 1.54) is 6.39 Å². The lowest BCUT2D eigenvalue weighted by Gasteiger charge is -2.10. The van der Waals surface area contributed by atoms with Gasteiger partial charge in [-0.1, -0.05) is 72.8 Å². The summed E-state index contributed by atoms with van der Waals surface area (Å²) >= 11 is 0. The normalized spacial score (nSPS) is 11.2. The van der Waals surface area contributed by atoms with Gasteiger partial charge in [0.2, 0.25) is 0 Å². The number of carboxylic acid groups (broad SMARTS) is 1. The zero-order valence-corrected chi connectivity index (χ0v) is 13.8. The average Bonchev–Trinajstić information content (AvgIpc) is 3.15. The molecule has 0 fully saturated rings. The number of oxazole rings is 1. The third-order valence-corrected chi connectivity index (χ3v) is 4.22. The number of aromatic carboxylic acids is 1. The Balaban J connectivity index is 1.88. The summed E-state index contributed by atoms with van der Waals surface area (Å²) in [4.78, 5) is 16.3. The van der Waals surface area contributed by atoms with Crippen LogP contribution in [-0.4, -0.2) is 16.1 Å². The lowest BCUT2D eigenvalue weighted by Crippen LogP contribution is -2.03. The molecule has 0 bridgehead atoms.